The van der Waals surface area contributed by atoms with Gasteiger partial charge >= 0.3 is 17.9 Å². The van der Waals surface area contributed by atoms with Gasteiger partial charge in [-0.15, -0.1) is 0 Å². The molecule has 0 bridgehead atoms. The van der Waals surface area contributed by atoms with Crippen molar-refractivity contribution in [1.29, 1.82) is 0 Å². The van der Waals surface area contributed by atoms with Crippen LogP contribution in [-0.4, -0.2) is 37.2 Å². The minimum Gasteiger partial charge on any atom is -0.462 e. The highest BCUT2D eigenvalue weighted by Gasteiger charge is 2.19. The van der Waals surface area contributed by atoms with E-state index in [2.05, 4.69) is 93.7 Å². The van der Waals surface area contributed by atoms with E-state index >= 15 is 0 Å². The molecule has 0 N–H and O–H groups in total. The summed E-state index contributed by atoms with van der Waals surface area (Å²) in [6.45, 7) is 6.54. The number of ether oxygens (including phenoxy) is 3. The average molecular weight is 907 g/mol. The lowest BCUT2D eigenvalue weighted by molar-refractivity contribution is -0.167. The minimum atomic E-state index is -0.808. The van der Waals surface area contributed by atoms with Crippen molar-refractivity contribution in [2.45, 2.75) is 271 Å². The fourth-order valence-corrected chi connectivity index (χ4v) is 7.52. The van der Waals surface area contributed by atoms with Crippen LogP contribution in [0.2, 0.25) is 0 Å². The molecule has 0 amide bonds. The summed E-state index contributed by atoms with van der Waals surface area (Å²) in [5, 5.41) is 0. The highest BCUT2D eigenvalue weighted by Crippen LogP contribution is 2.15. The first-order valence-corrected chi connectivity index (χ1v) is 27.4. The molecule has 0 aromatic rings. The van der Waals surface area contributed by atoms with Crippen molar-refractivity contribution >= 4 is 17.9 Å². The van der Waals surface area contributed by atoms with Crippen molar-refractivity contribution in [2.24, 2.45) is 0 Å². The highest BCUT2D eigenvalue weighted by molar-refractivity contribution is 5.71. The monoisotopic (exact) mass is 907 g/mol. The van der Waals surface area contributed by atoms with Crippen molar-refractivity contribution in [3.63, 3.8) is 0 Å². The molecule has 0 unspecified atom stereocenters. The zero-order valence-corrected chi connectivity index (χ0v) is 42.7. The molecule has 0 fully saturated rings. The van der Waals surface area contributed by atoms with E-state index in [9.17, 15) is 14.4 Å². The second kappa shape index (κ2) is 53.5. The first-order valence-electron chi connectivity index (χ1n) is 27.4. The number of carbonyl (C=O) groups excluding carboxylic acids is 3. The number of hydrogen-bond donors (Lipinski definition) is 0. The number of carbonyl (C=O) groups is 3. The molecule has 0 saturated carbocycles. The molecule has 0 aromatic carbocycles. The zero-order chi connectivity index (χ0) is 47.2. The quantitative estimate of drug-likeness (QED) is 0.0262. The van der Waals surface area contributed by atoms with Gasteiger partial charge in [-0.3, -0.25) is 14.4 Å². The van der Waals surface area contributed by atoms with Gasteiger partial charge in [0, 0.05) is 19.3 Å². The molecule has 0 spiro atoms. The Kier molecular flexibility index (Phi) is 50.9. The number of esters is 3. The van der Waals surface area contributed by atoms with Crippen LogP contribution in [0.5, 0.6) is 0 Å². The van der Waals surface area contributed by atoms with Crippen LogP contribution in [0.15, 0.2) is 72.9 Å². The predicted molar refractivity (Wildman–Crippen MR) is 279 cm³/mol. The minimum absolute atomic E-state index is 0.0997. The predicted octanol–water partition coefficient (Wildman–Crippen LogP) is 18.2. The molecule has 0 aliphatic heterocycles. The normalized spacial score (nSPS) is 12.6. The van der Waals surface area contributed by atoms with Crippen LogP contribution in [0.25, 0.3) is 0 Å². The number of allylic oxidation sites excluding steroid dienone is 12. The third-order valence-corrected chi connectivity index (χ3v) is 11.7. The molecule has 0 radical (unpaired) electrons. The van der Waals surface area contributed by atoms with Gasteiger partial charge < -0.3 is 14.2 Å². The lowest BCUT2D eigenvalue weighted by atomic mass is 10.0. The third kappa shape index (κ3) is 51.7. The molecule has 0 heterocycles. The topological polar surface area (TPSA) is 78.9 Å². The van der Waals surface area contributed by atoms with Gasteiger partial charge in [-0.25, -0.2) is 0 Å². The van der Waals surface area contributed by atoms with Gasteiger partial charge in [0.15, 0.2) is 6.10 Å². The van der Waals surface area contributed by atoms with Gasteiger partial charge in [-0.1, -0.05) is 229 Å². The van der Waals surface area contributed by atoms with Crippen molar-refractivity contribution in [3.05, 3.63) is 72.9 Å². The maximum atomic E-state index is 12.8. The summed E-state index contributed by atoms with van der Waals surface area (Å²) in [4.78, 5) is 38.0. The maximum Gasteiger partial charge on any atom is 0.306 e. The Balaban J connectivity index is 4.49. The standard InChI is InChI=1S/C59H102O6/c1-4-7-10-13-16-19-22-25-28-29-32-35-38-41-44-47-50-53-59(62)65-56(54-63-57(60)51-48-45-42-39-36-33-30-26-23-20-17-14-11-8-5-2)55-64-58(61)52-49-46-43-40-37-34-31-27-24-21-18-15-12-9-6-3/h16-17,19-20,25-26,28,30,32,35,41,44,56H,4-15,18,21-24,27,29,31,33-34,36-40,42-43,45-55H2,1-3H3/b19-16-,20-17-,28-25-,30-26-,35-32-,44-41-/t56-/m1/s1. The van der Waals surface area contributed by atoms with Crippen molar-refractivity contribution in [1.82, 2.24) is 0 Å². The summed E-state index contributed by atoms with van der Waals surface area (Å²) in [6.07, 6.45) is 67.4. The lowest BCUT2D eigenvalue weighted by Gasteiger charge is -2.18. The molecule has 1 atom stereocenters. The molecular formula is C59H102O6. The fourth-order valence-electron chi connectivity index (χ4n) is 7.52. The van der Waals surface area contributed by atoms with Crippen molar-refractivity contribution < 1.29 is 28.6 Å². The van der Waals surface area contributed by atoms with Gasteiger partial charge in [-0.2, -0.15) is 0 Å². The molecule has 0 saturated heterocycles. The molecule has 374 valence electrons. The maximum absolute atomic E-state index is 12.8. The van der Waals surface area contributed by atoms with E-state index in [-0.39, 0.29) is 37.5 Å². The van der Waals surface area contributed by atoms with Crippen LogP contribution in [0, 0.1) is 0 Å². The van der Waals surface area contributed by atoms with Crippen LogP contribution < -0.4 is 0 Å². The summed E-state index contributed by atoms with van der Waals surface area (Å²) < 4.78 is 16.8. The largest absolute Gasteiger partial charge is 0.462 e. The van der Waals surface area contributed by atoms with E-state index in [0.29, 0.717) is 19.3 Å². The van der Waals surface area contributed by atoms with Crippen LogP contribution >= 0.6 is 0 Å². The Morgan fingerprint density at radius 3 is 0.938 bits per heavy atom. The molecule has 0 aliphatic rings. The highest BCUT2D eigenvalue weighted by atomic mass is 16.6. The number of rotatable bonds is 49. The SMILES string of the molecule is CCCCC/C=C\C/C=C\C/C=C\C/C=C\CCCC(=O)O[C@H](COC(=O)CCCCCCC/C=C\C/C=C\CCCCC)COC(=O)CCCCCCCCCCCCCCCCC. The van der Waals surface area contributed by atoms with E-state index < -0.39 is 6.10 Å². The van der Waals surface area contributed by atoms with Gasteiger partial charge in [-0.05, 0) is 89.9 Å². The average Bonchev–Trinajstić information content (AvgIpc) is 3.30. The van der Waals surface area contributed by atoms with Crippen LogP contribution in [-0.2, 0) is 28.6 Å². The number of hydrogen-bond acceptors (Lipinski definition) is 6. The van der Waals surface area contributed by atoms with Gasteiger partial charge in [0.2, 0.25) is 0 Å². The van der Waals surface area contributed by atoms with E-state index in [1.807, 2.05) is 0 Å². The summed E-state index contributed by atoms with van der Waals surface area (Å²) in [6, 6.07) is 0. The molecule has 65 heavy (non-hydrogen) atoms. The Morgan fingerprint density at radius 1 is 0.308 bits per heavy atom. The lowest BCUT2D eigenvalue weighted by Crippen LogP contribution is -2.30. The molecule has 0 aliphatic carbocycles. The van der Waals surface area contributed by atoms with Crippen molar-refractivity contribution in [3.8, 4) is 0 Å². The molecular weight excluding hydrogens is 805 g/mol. The fraction of sp³-hybridized carbons (Fsp3) is 0.746. The van der Waals surface area contributed by atoms with E-state index in [1.54, 1.807) is 0 Å². The van der Waals surface area contributed by atoms with Gasteiger partial charge in [0.25, 0.3) is 0 Å². The summed E-state index contributed by atoms with van der Waals surface area (Å²) in [5.74, 6) is -0.965. The Morgan fingerprint density at radius 2 is 0.569 bits per heavy atom. The molecule has 0 aromatic heterocycles. The Labute approximate surface area is 402 Å². The van der Waals surface area contributed by atoms with Gasteiger partial charge in [0.05, 0.1) is 0 Å². The van der Waals surface area contributed by atoms with E-state index in [1.165, 1.54) is 128 Å². The second-order valence-electron chi connectivity index (χ2n) is 18.1. The third-order valence-electron chi connectivity index (χ3n) is 11.7. The van der Waals surface area contributed by atoms with Crippen LogP contribution in [0.3, 0.4) is 0 Å². The zero-order valence-electron chi connectivity index (χ0n) is 42.7. The summed E-state index contributed by atoms with van der Waals surface area (Å²) in [5.41, 5.74) is 0. The van der Waals surface area contributed by atoms with Crippen LogP contribution in [0.1, 0.15) is 265 Å². The summed E-state index contributed by atoms with van der Waals surface area (Å²) >= 11 is 0. The number of unbranched alkanes of at least 4 members (excludes halogenated alkanes) is 26. The molecule has 6 nitrogen and oxygen atoms in total. The second-order valence-corrected chi connectivity index (χ2v) is 18.1. The Bertz CT molecular complexity index is 1230. The van der Waals surface area contributed by atoms with Gasteiger partial charge in [0.1, 0.15) is 13.2 Å². The van der Waals surface area contributed by atoms with E-state index in [0.717, 1.165) is 89.9 Å². The summed E-state index contributed by atoms with van der Waals surface area (Å²) in [7, 11) is 0. The molecule has 6 heteroatoms. The Hall–Kier alpha value is -3.15. The first-order chi connectivity index (χ1) is 32.0. The van der Waals surface area contributed by atoms with E-state index in [4.69, 9.17) is 14.2 Å². The molecule has 0 rings (SSSR count). The van der Waals surface area contributed by atoms with Crippen molar-refractivity contribution in [2.75, 3.05) is 13.2 Å². The first kappa shape index (κ1) is 61.9. The van der Waals surface area contributed by atoms with Crippen LogP contribution in [0.4, 0.5) is 0 Å². The smallest absolute Gasteiger partial charge is 0.306 e.